The molecule has 1 aliphatic carbocycles. The van der Waals surface area contributed by atoms with Gasteiger partial charge in [-0.25, -0.2) is 4.57 Å². The Labute approximate surface area is 249 Å². The number of tetrazole rings is 1. The van der Waals surface area contributed by atoms with E-state index in [1.165, 1.54) is 23.5 Å². The number of thioether (sulfide) groups is 1. The minimum atomic E-state index is -1.47. The largest absolute Gasteiger partial charge is 0.543 e. The minimum absolute atomic E-state index is 0.0340. The fraction of sp³-hybridized carbons (Fsp3) is 0.304. The molecule has 3 aromatic rings. The Bertz CT molecular complexity index is 1610. The predicted molar refractivity (Wildman–Crippen MR) is 146 cm³/mol. The average molecular weight is 628 g/mol. The van der Waals surface area contributed by atoms with Crippen molar-refractivity contribution < 1.29 is 28.9 Å². The molecule has 2 aliphatic heterocycles. The first-order valence-electron chi connectivity index (χ1n) is 12.5. The number of anilines is 1. The van der Waals surface area contributed by atoms with Crippen LogP contribution in [-0.4, -0.2) is 81.6 Å². The number of aromatic nitrogens is 7. The number of β-lactam (4-membered cyclic amide) rings is 1. The van der Waals surface area contributed by atoms with E-state index < -0.39 is 29.2 Å². The Morgan fingerprint density at radius 1 is 1.36 bits per heavy atom. The Morgan fingerprint density at radius 3 is 2.86 bits per heavy atom. The van der Waals surface area contributed by atoms with Crippen molar-refractivity contribution in [3.8, 4) is 0 Å². The predicted octanol–water partition coefficient (Wildman–Crippen LogP) is -1.38. The van der Waals surface area contributed by atoms with Crippen LogP contribution in [-0.2, 0) is 25.8 Å². The number of hydrogen-bond donors (Lipinski definition) is 3. The number of oxime groups is 1. The molecule has 5 heterocycles. The molecule has 3 aromatic heterocycles. The van der Waals surface area contributed by atoms with Gasteiger partial charge in [0.15, 0.2) is 24.1 Å². The van der Waals surface area contributed by atoms with E-state index in [0.717, 1.165) is 27.7 Å². The van der Waals surface area contributed by atoms with E-state index in [0.29, 0.717) is 22.9 Å². The van der Waals surface area contributed by atoms with E-state index in [4.69, 9.17) is 10.6 Å². The number of carboxylic acids is 1. The van der Waals surface area contributed by atoms with Crippen LogP contribution < -0.4 is 20.7 Å². The number of pyridine rings is 1. The molecule has 1 fully saturated rings. The Kier molecular flexibility index (Phi) is 7.85. The van der Waals surface area contributed by atoms with Gasteiger partial charge in [-0.3, -0.25) is 14.5 Å². The van der Waals surface area contributed by atoms with E-state index in [2.05, 4.69) is 40.5 Å². The molecule has 6 rings (SSSR count). The minimum Gasteiger partial charge on any atom is -0.543 e. The summed E-state index contributed by atoms with van der Waals surface area (Å²) in [6.07, 6.45) is 8.58. The molecule has 16 nitrogen and oxygen atoms in total. The number of amides is 2. The molecule has 216 valence electrons. The Morgan fingerprint density at radius 2 is 2.19 bits per heavy atom. The molecule has 0 bridgehead atoms. The smallest absolute Gasteiger partial charge is 0.278 e. The van der Waals surface area contributed by atoms with E-state index in [-0.39, 0.29) is 35.0 Å². The molecule has 1 saturated heterocycles. The normalized spacial score (nSPS) is 21.7. The van der Waals surface area contributed by atoms with Crippen molar-refractivity contribution in [3.05, 3.63) is 53.8 Å². The highest BCUT2D eigenvalue weighted by molar-refractivity contribution is 8.00. The van der Waals surface area contributed by atoms with E-state index >= 15 is 0 Å². The molecule has 0 saturated carbocycles. The number of allylic oxidation sites excluding steroid dienone is 1. The van der Waals surface area contributed by atoms with Crippen LogP contribution in [0.15, 0.2) is 63.2 Å². The number of carbonyl (C=O) groups is 3. The number of nitrogens with two attached hydrogens (primary N) is 1. The standard InChI is InChI=1S/C23H21N11O5S3/c24-22-26-17(30-42-22)14(29-39-12-3-1-2-4-12)18(35)25-15-19(36)34-16(21(37)38)11(10-40-20(15)34)9-33-7-5-13(6-8-33)41-23-27-31-32-28-23/h1,3,5-8,12,15,20H,2,4,9-10H2,(H4-,24,25,26,27,28,30,31,32,35,37,38)/t12?,15?,20-/m1/s1. The van der Waals surface area contributed by atoms with Crippen molar-refractivity contribution in [1.29, 1.82) is 0 Å². The third-order valence-corrected chi connectivity index (χ3v) is 9.16. The third kappa shape index (κ3) is 5.70. The number of hydrogen-bond acceptors (Lipinski definition) is 15. The summed E-state index contributed by atoms with van der Waals surface area (Å²) in [5, 5.41) is 32.5. The first-order chi connectivity index (χ1) is 20.4. The van der Waals surface area contributed by atoms with Crippen LogP contribution in [0.5, 0.6) is 0 Å². The molecule has 3 aliphatic rings. The molecule has 0 radical (unpaired) electrons. The second kappa shape index (κ2) is 11.9. The topological polar surface area (TPSA) is 221 Å². The van der Waals surface area contributed by atoms with Crippen LogP contribution >= 0.6 is 35.1 Å². The van der Waals surface area contributed by atoms with Gasteiger partial charge in [0, 0.05) is 39.9 Å². The SMILES string of the molecule is Nc1nc(C(=NOC2C=CCC2)C(=O)NC2C(=O)N3C(C(=O)[O-])=C(C[n+]4ccc(Sc5nn[nH]n5)cc4)CS[C@H]23)ns1. The average Bonchev–Trinajstić information content (AvgIpc) is 3.77. The molecule has 4 N–H and O–H groups in total. The second-order valence-electron chi connectivity index (χ2n) is 9.15. The van der Waals surface area contributed by atoms with Crippen LogP contribution in [0.1, 0.15) is 18.7 Å². The summed E-state index contributed by atoms with van der Waals surface area (Å²) in [7, 11) is 0. The van der Waals surface area contributed by atoms with Crippen molar-refractivity contribution in [2.45, 2.75) is 47.0 Å². The van der Waals surface area contributed by atoms with Crippen molar-refractivity contribution in [2.24, 2.45) is 5.16 Å². The molecule has 0 aromatic carbocycles. The number of nitrogens with zero attached hydrogens (tertiary/aromatic N) is 8. The zero-order valence-corrected chi connectivity index (χ0v) is 23.9. The maximum Gasteiger partial charge on any atom is 0.278 e. The van der Waals surface area contributed by atoms with Crippen molar-refractivity contribution in [1.82, 2.24) is 40.2 Å². The molecule has 2 amide bonds. The van der Waals surface area contributed by atoms with Crippen LogP contribution in [0.3, 0.4) is 0 Å². The van der Waals surface area contributed by atoms with Crippen molar-refractivity contribution in [3.63, 3.8) is 0 Å². The highest BCUT2D eigenvalue weighted by Gasteiger charge is 2.53. The lowest BCUT2D eigenvalue weighted by Gasteiger charge is -2.50. The number of carboxylic acid groups (broad SMARTS) is 1. The lowest BCUT2D eigenvalue weighted by Crippen LogP contribution is -2.71. The molecular formula is C23H21N11O5S3. The van der Waals surface area contributed by atoms with Crippen molar-refractivity contribution >= 4 is 63.7 Å². The van der Waals surface area contributed by atoms with Gasteiger partial charge in [0.2, 0.25) is 16.7 Å². The molecule has 3 atom stereocenters. The first-order valence-corrected chi connectivity index (χ1v) is 15.1. The third-order valence-electron chi connectivity index (χ3n) is 6.41. The highest BCUT2D eigenvalue weighted by Crippen LogP contribution is 2.40. The zero-order chi connectivity index (χ0) is 29.2. The molecule has 19 heteroatoms. The summed E-state index contributed by atoms with van der Waals surface area (Å²) in [5.41, 5.74) is 5.76. The van der Waals surface area contributed by atoms with Gasteiger partial charge >= 0.3 is 0 Å². The summed E-state index contributed by atoms with van der Waals surface area (Å²) in [6, 6.07) is 2.66. The summed E-state index contributed by atoms with van der Waals surface area (Å²) >= 11 is 3.53. The quantitative estimate of drug-likeness (QED) is 0.0776. The maximum atomic E-state index is 13.2. The summed E-state index contributed by atoms with van der Waals surface area (Å²) < 4.78 is 5.84. The molecule has 42 heavy (non-hydrogen) atoms. The van der Waals surface area contributed by atoms with Gasteiger partial charge in [0.1, 0.15) is 17.5 Å². The number of aliphatic carboxylic acids is 1. The summed E-state index contributed by atoms with van der Waals surface area (Å²) in [4.78, 5) is 50.1. The number of nitrogens with one attached hydrogen (secondary N) is 2. The van der Waals surface area contributed by atoms with Gasteiger partial charge in [-0.1, -0.05) is 11.2 Å². The first kappa shape index (κ1) is 27.8. The van der Waals surface area contributed by atoms with Gasteiger partial charge in [-0.05, 0) is 35.9 Å². The fourth-order valence-corrected chi connectivity index (χ4v) is 6.88. The zero-order valence-electron chi connectivity index (χ0n) is 21.4. The number of rotatable bonds is 10. The lowest BCUT2D eigenvalue weighted by molar-refractivity contribution is -0.689. The van der Waals surface area contributed by atoms with Gasteiger partial charge in [0.05, 0.1) is 11.7 Å². The molecule has 2 unspecified atom stereocenters. The van der Waals surface area contributed by atoms with Gasteiger partial charge in [-0.2, -0.15) is 14.6 Å². The fourth-order valence-electron chi connectivity index (χ4n) is 4.47. The molecular weight excluding hydrogens is 607 g/mol. The van der Waals surface area contributed by atoms with Crippen molar-refractivity contribution in [2.75, 3.05) is 11.5 Å². The highest BCUT2D eigenvalue weighted by atomic mass is 32.2. The lowest BCUT2D eigenvalue weighted by atomic mass is 10.0. The summed E-state index contributed by atoms with van der Waals surface area (Å²) in [5.74, 6) is -2.53. The van der Waals surface area contributed by atoms with Gasteiger partial charge in [0.25, 0.3) is 11.8 Å². The number of aromatic amines is 1. The van der Waals surface area contributed by atoms with Gasteiger partial charge < -0.3 is 25.8 Å². The van der Waals surface area contributed by atoms with E-state index in [9.17, 15) is 19.5 Å². The van der Waals surface area contributed by atoms with E-state index in [1.807, 2.05) is 24.3 Å². The number of nitrogen functional groups attached to an aromatic ring is 1. The maximum absolute atomic E-state index is 13.2. The van der Waals surface area contributed by atoms with Crippen LogP contribution in [0.4, 0.5) is 5.13 Å². The number of H-pyrrole nitrogens is 1. The van der Waals surface area contributed by atoms with Crippen LogP contribution in [0, 0.1) is 0 Å². The molecule has 0 spiro atoms. The number of fused-ring (bicyclic) bond motifs is 1. The van der Waals surface area contributed by atoms with Crippen LogP contribution in [0.25, 0.3) is 0 Å². The van der Waals surface area contributed by atoms with Crippen LogP contribution in [0.2, 0.25) is 0 Å². The monoisotopic (exact) mass is 627 g/mol. The Hall–Kier alpha value is -4.36. The second-order valence-corrected chi connectivity index (χ2v) is 12.1. The Balaban J connectivity index is 1.16. The summed E-state index contributed by atoms with van der Waals surface area (Å²) in [6.45, 7) is 0.220. The number of carbonyl (C=O) groups excluding carboxylic acids is 3. The van der Waals surface area contributed by atoms with Gasteiger partial charge in [-0.15, -0.1) is 22.0 Å². The van der Waals surface area contributed by atoms with E-state index in [1.54, 1.807) is 17.0 Å².